The lowest BCUT2D eigenvalue weighted by Gasteiger charge is -2.04. The summed E-state index contributed by atoms with van der Waals surface area (Å²) in [6, 6.07) is 1.88. The molecular weight excluding hydrogens is 264 g/mol. The quantitative estimate of drug-likeness (QED) is 0.786. The molecule has 6 heteroatoms. The number of aromatic nitrogens is 2. The Morgan fingerprint density at radius 3 is 2.95 bits per heavy atom. The number of carbonyl (C=O) groups excluding carboxylic acids is 1. The van der Waals surface area contributed by atoms with Crippen LogP contribution in [0.2, 0.25) is 0 Å². The number of fused-ring (bicyclic) bond motifs is 1. The van der Waals surface area contributed by atoms with Crippen molar-refractivity contribution in [1.29, 1.82) is 0 Å². The molecule has 0 radical (unpaired) electrons. The van der Waals surface area contributed by atoms with Gasteiger partial charge in [0.25, 0.3) is 5.56 Å². The van der Waals surface area contributed by atoms with E-state index >= 15 is 0 Å². The molecule has 102 valence electrons. The molecule has 2 heterocycles. The van der Waals surface area contributed by atoms with E-state index in [1.165, 1.54) is 22.2 Å². The maximum Gasteiger partial charge on any atom is 0.326 e. The fourth-order valence-electron chi connectivity index (χ4n) is 1.84. The monoisotopic (exact) mass is 280 g/mol. The zero-order chi connectivity index (χ0) is 13.8. The second-order valence-corrected chi connectivity index (χ2v) is 5.28. The van der Waals surface area contributed by atoms with Crippen molar-refractivity contribution in [2.24, 2.45) is 0 Å². The Bertz CT molecular complexity index is 645. The maximum atomic E-state index is 12.2. The molecule has 0 aromatic carbocycles. The molecular formula is C13H16N2O3S. The second-order valence-electron chi connectivity index (χ2n) is 4.16. The average molecular weight is 280 g/mol. The van der Waals surface area contributed by atoms with Gasteiger partial charge in [-0.25, -0.2) is 4.98 Å². The smallest absolute Gasteiger partial charge is 0.326 e. The van der Waals surface area contributed by atoms with E-state index in [-0.39, 0.29) is 12.1 Å². The molecule has 2 aromatic heterocycles. The summed E-state index contributed by atoms with van der Waals surface area (Å²) in [6.07, 6.45) is 3.38. The van der Waals surface area contributed by atoms with Crippen molar-refractivity contribution in [1.82, 2.24) is 9.55 Å². The molecule has 0 aliphatic rings. The lowest BCUT2D eigenvalue weighted by atomic mass is 10.2. The third-order valence-corrected chi connectivity index (χ3v) is 3.77. The van der Waals surface area contributed by atoms with E-state index in [1.807, 2.05) is 6.07 Å². The number of rotatable bonds is 5. The van der Waals surface area contributed by atoms with Crippen molar-refractivity contribution >= 4 is 27.5 Å². The molecule has 0 amide bonds. The van der Waals surface area contributed by atoms with Crippen LogP contribution in [0.15, 0.2) is 17.2 Å². The van der Waals surface area contributed by atoms with Crippen molar-refractivity contribution in [3.8, 4) is 0 Å². The van der Waals surface area contributed by atoms with Gasteiger partial charge in [-0.15, -0.1) is 11.3 Å². The molecule has 0 atom stereocenters. The zero-order valence-corrected chi connectivity index (χ0v) is 11.8. The molecule has 5 nitrogen and oxygen atoms in total. The summed E-state index contributed by atoms with van der Waals surface area (Å²) in [4.78, 5) is 29.7. The van der Waals surface area contributed by atoms with Gasteiger partial charge in [0.05, 0.1) is 18.3 Å². The minimum Gasteiger partial charge on any atom is -0.465 e. The van der Waals surface area contributed by atoms with Gasteiger partial charge in [0.15, 0.2) is 0 Å². The molecule has 0 aliphatic heterocycles. The van der Waals surface area contributed by atoms with Crippen LogP contribution in [-0.2, 0) is 22.5 Å². The van der Waals surface area contributed by atoms with E-state index in [0.29, 0.717) is 12.0 Å². The van der Waals surface area contributed by atoms with E-state index in [9.17, 15) is 9.59 Å². The number of hydrogen-bond donors (Lipinski definition) is 0. The zero-order valence-electron chi connectivity index (χ0n) is 11.0. The Labute approximate surface area is 114 Å². The van der Waals surface area contributed by atoms with Crippen LogP contribution in [0, 0.1) is 0 Å². The summed E-state index contributed by atoms with van der Waals surface area (Å²) >= 11 is 1.53. The van der Waals surface area contributed by atoms with E-state index in [1.54, 1.807) is 6.92 Å². The number of ether oxygens (including phenoxy) is 1. The van der Waals surface area contributed by atoms with Crippen LogP contribution in [0.25, 0.3) is 10.2 Å². The van der Waals surface area contributed by atoms with Gasteiger partial charge in [0.2, 0.25) is 0 Å². The number of carbonyl (C=O) groups is 1. The average Bonchev–Trinajstić information content (AvgIpc) is 2.77. The first-order chi connectivity index (χ1) is 9.15. The SMILES string of the molecule is CCCc1cc2c(=O)n(CC(=O)OCC)cnc2s1. The molecule has 2 rings (SSSR count). The van der Waals surface area contributed by atoms with Gasteiger partial charge < -0.3 is 4.74 Å². The highest BCUT2D eigenvalue weighted by Crippen LogP contribution is 2.21. The molecule has 0 aliphatic carbocycles. The third kappa shape index (κ3) is 3.01. The van der Waals surface area contributed by atoms with Crippen molar-refractivity contribution in [2.75, 3.05) is 6.61 Å². The van der Waals surface area contributed by atoms with Crippen LogP contribution >= 0.6 is 11.3 Å². The Kier molecular flexibility index (Phi) is 4.31. The van der Waals surface area contributed by atoms with E-state index in [0.717, 1.165) is 22.5 Å². The summed E-state index contributed by atoms with van der Waals surface area (Å²) in [7, 11) is 0. The summed E-state index contributed by atoms with van der Waals surface area (Å²) in [5.74, 6) is -0.422. The number of hydrogen-bond acceptors (Lipinski definition) is 5. The summed E-state index contributed by atoms with van der Waals surface area (Å²) in [6.45, 7) is 4.05. The van der Waals surface area contributed by atoms with Gasteiger partial charge in [-0.1, -0.05) is 13.3 Å². The predicted molar refractivity (Wildman–Crippen MR) is 74.5 cm³/mol. The summed E-state index contributed by atoms with van der Waals surface area (Å²) in [5.41, 5.74) is -0.184. The first-order valence-corrected chi connectivity index (χ1v) is 7.10. The fourth-order valence-corrected chi connectivity index (χ4v) is 2.93. The Morgan fingerprint density at radius 2 is 2.26 bits per heavy atom. The predicted octanol–water partition coefficient (Wildman–Crippen LogP) is 1.97. The lowest BCUT2D eigenvalue weighted by Crippen LogP contribution is -2.25. The van der Waals surface area contributed by atoms with Gasteiger partial charge in [0.1, 0.15) is 11.4 Å². The van der Waals surface area contributed by atoms with Crippen molar-refractivity contribution < 1.29 is 9.53 Å². The van der Waals surface area contributed by atoms with Crippen molar-refractivity contribution in [3.63, 3.8) is 0 Å². The highest BCUT2D eigenvalue weighted by atomic mass is 32.1. The van der Waals surface area contributed by atoms with Crippen LogP contribution in [0.1, 0.15) is 25.1 Å². The van der Waals surface area contributed by atoms with Crippen molar-refractivity contribution in [2.45, 2.75) is 33.2 Å². The molecule has 0 N–H and O–H groups in total. The standard InChI is InChI=1S/C13H16N2O3S/c1-3-5-9-6-10-12(19-9)14-8-15(13(10)17)7-11(16)18-4-2/h6,8H,3-5,7H2,1-2H3. The molecule has 0 unspecified atom stereocenters. The van der Waals surface area contributed by atoms with Gasteiger partial charge in [-0.05, 0) is 19.4 Å². The third-order valence-electron chi connectivity index (χ3n) is 2.67. The molecule has 0 fully saturated rings. The largest absolute Gasteiger partial charge is 0.465 e. The number of aryl methyl sites for hydroxylation is 1. The molecule has 19 heavy (non-hydrogen) atoms. The highest BCUT2D eigenvalue weighted by Gasteiger charge is 2.11. The molecule has 0 spiro atoms. The Balaban J connectivity index is 2.34. The first kappa shape index (κ1) is 13.7. The van der Waals surface area contributed by atoms with Crippen LogP contribution in [0.5, 0.6) is 0 Å². The van der Waals surface area contributed by atoms with Crippen LogP contribution in [0.3, 0.4) is 0 Å². The van der Waals surface area contributed by atoms with E-state index in [2.05, 4.69) is 11.9 Å². The molecule has 0 saturated heterocycles. The maximum absolute atomic E-state index is 12.2. The van der Waals surface area contributed by atoms with E-state index in [4.69, 9.17) is 4.74 Å². The summed E-state index contributed by atoms with van der Waals surface area (Å²) in [5, 5.41) is 0.584. The summed E-state index contributed by atoms with van der Waals surface area (Å²) < 4.78 is 6.13. The van der Waals surface area contributed by atoms with E-state index < -0.39 is 5.97 Å². The number of nitrogens with zero attached hydrogens (tertiary/aromatic N) is 2. The Morgan fingerprint density at radius 1 is 1.47 bits per heavy atom. The van der Waals surface area contributed by atoms with Gasteiger partial charge in [-0.3, -0.25) is 14.2 Å². The van der Waals surface area contributed by atoms with Crippen LogP contribution in [0.4, 0.5) is 0 Å². The normalized spacial score (nSPS) is 10.8. The highest BCUT2D eigenvalue weighted by molar-refractivity contribution is 7.18. The van der Waals surface area contributed by atoms with Crippen LogP contribution in [-0.4, -0.2) is 22.1 Å². The van der Waals surface area contributed by atoms with Crippen molar-refractivity contribution in [3.05, 3.63) is 27.6 Å². The fraction of sp³-hybridized carbons (Fsp3) is 0.462. The lowest BCUT2D eigenvalue weighted by molar-refractivity contribution is -0.143. The Hall–Kier alpha value is -1.69. The number of esters is 1. The molecule has 0 bridgehead atoms. The topological polar surface area (TPSA) is 61.2 Å². The minimum absolute atomic E-state index is 0.0887. The minimum atomic E-state index is -0.422. The van der Waals surface area contributed by atoms with Gasteiger partial charge in [0, 0.05) is 4.88 Å². The van der Waals surface area contributed by atoms with Gasteiger partial charge >= 0.3 is 5.97 Å². The molecule has 2 aromatic rings. The van der Waals surface area contributed by atoms with Gasteiger partial charge in [-0.2, -0.15) is 0 Å². The number of thiophene rings is 1. The molecule has 0 saturated carbocycles. The van der Waals surface area contributed by atoms with Crippen LogP contribution < -0.4 is 5.56 Å². The second kappa shape index (κ2) is 5.97. The first-order valence-electron chi connectivity index (χ1n) is 6.29.